The first-order valence-corrected chi connectivity index (χ1v) is 10.0. The number of piperazine rings is 1. The molecule has 3 rings (SSSR count). The van der Waals surface area contributed by atoms with Crippen molar-refractivity contribution in [3.05, 3.63) is 46.2 Å². The van der Waals surface area contributed by atoms with Crippen LogP contribution < -0.4 is 14.8 Å². The molecule has 1 saturated heterocycles. The van der Waals surface area contributed by atoms with Crippen molar-refractivity contribution in [1.29, 1.82) is 0 Å². The van der Waals surface area contributed by atoms with Gasteiger partial charge < -0.3 is 9.64 Å². The molecule has 0 atom stereocenters. The van der Waals surface area contributed by atoms with Gasteiger partial charge in [0.05, 0.1) is 12.4 Å². The number of aromatic nitrogens is 2. The van der Waals surface area contributed by atoms with E-state index in [4.69, 9.17) is 33.1 Å². The summed E-state index contributed by atoms with van der Waals surface area (Å²) in [4.78, 5) is 10.4. The van der Waals surface area contributed by atoms with E-state index in [-0.39, 0.29) is 6.61 Å². The van der Waals surface area contributed by atoms with Crippen molar-refractivity contribution >= 4 is 39.4 Å². The van der Waals surface area contributed by atoms with Gasteiger partial charge in [-0.25, -0.2) is 15.1 Å². The molecule has 0 radical (unpaired) electrons. The molecule has 0 unspecified atom stereocenters. The number of nitrogens with two attached hydrogens (primary N) is 1. The van der Waals surface area contributed by atoms with Gasteiger partial charge in [-0.05, 0) is 12.1 Å². The van der Waals surface area contributed by atoms with Crippen molar-refractivity contribution in [1.82, 2.24) is 14.3 Å². The highest BCUT2D eigenvalue weighted by Crippen LogP contribution is 2.25. The van der Waals surface area contributed by atoms with Gasteiger partial charge in [0.2, 0.25) is 5.95 Å². The first-order chi connectivity index (χ1) is 12.3. The van der Waals surface area contributed by atoms with E-state index in [2.05, 4.69) is 9.97 Å². The Bertz CT molecular complexity index is 851. The molecule has 0 bridgehead atoms. The summed E-state index contributed by atoms with van der Waals surface area (Å²) in [7, 11) is -3.65. The minimum absolute atomic E-state index is 0.203. The van der Waals surface area contributed by atoms with Crippen molar-refractivity contribution in [2.24, 2.45) is 5.14 Å². The number of ether oxygens (including phenoxy) is 1. The van der Waals surface area contributed by atoms with Crippen LogP contribution in [0.15, 0.2) is 30.6 Å². The molecule has 2 aromatic rings. The summed E-state index contributed by atoms with van der Waals surface area (Å²) in [6, 6.07) is 5.25. The van der Waals surface area contributed by atoms with Crippen LogP contribution in [0.3, 0.4) is 0 Å². The summed E-state index contributed by atoms with van der Waals surface area (Å²) in [6.07, 6.45) is 3.11. The van der Waals surface area contributed by atoms with Gasteiger partial charge in [-0.1, -0.05) is 29.3 Å². The van der Waals surface area contributed by atoms with Crippen LogP contribution in [0.4, 0.5) is 5.95 Å². The zero-order valence-corrected chi connectivity index (χ0v) is 16.0. The van der Waals surface area contributed by atoms with E-state index in [1.807, 2.05) is 4.90 Å². The lowest BCUT2D eigenvalue weighted by Gasteiger charge is -2.32. The van der Waals surface area contributed by atoms with Gasteiger partial charge in [0.1, 0.15) is 6.61 Å². The third kappa shape index (κ3) is 4.54. The maximum absolute atomic E-state index is 11.3. The Hall–Kier alpha value is -1.65. The fourth-order valence-electron chi connectivity index (χ4n) is 2.52. The molecule has 2 N–H and O–H groups in total. The Balaban J connectivity index is 1.59. The number of nitrogens with zero attached hydrogens (tertiary/aromatic N) is 4. The monoisotopic (exact) mass is 417 g/mol. The predicted octanol–water partition coefficient (Wildman–Crippen LogP) is 1.69. The molecule has 11 heteroatoms. The number of rotatable bonds is 5. The van der Waals surface area contributed by atoms with Crippen LogP contribution in [-0.2, 0) is 16.8 Å². The van der Waals surface area contributed by atoms with E-state index in [9.17, 15) is 8.42 Å². The molecule has 0 amide bonds. The molecular formula is C15H17Cl2N5O3S. The Morgan fingerprint density at radius 2 is 1.65 bits per heavy atom. The molecule has 0 spiro atoms. The second-order valence-electron chi connectivity index (χ2n) is 5.64. The van der Waals surface area contributed by atoms with Crippen molar-refractivity contribution < 1.29 is 13.2 Å². The lowest BCUT2D eigenvalue weighted by Crippen LogP contribution is -2.51. The molecule has 1 aromatic carbocycles. The fraction of sp³-hybridized carbons (Fsp3) is 0.333. The molecule has 1 aliphatic heterocycles. The third-order valence-corrected chi connectivity index (χ3v) is 5.73. The summed E-state index contributed by atoms with van der Waals surface area (Å²) in [6.45, 7) is 1.73. The average Bonchev–Trinajstić information content (AvgIpc) is 2.61. The van der Waals surface area contributed by atoms with Gasteiger partial charge in [0.25, 0.3) is 10.2 Å². The molecule has 1 aromatic heterocycles. The molecule has 1 aliphatic rings. The first-order valence-electron chi connectivity index (χ1n) is 7.75. The average molecular weight is 418 g/mol. The SMILES string of the molecule is NS(=O)(=O)N1CCN(c2ncc(OCc3c(Cl)cccc3Cl)cn2)CC1. The number of hydrogen-bond acceptors (Lipinski definition) is 6. The second kappa shape index (κ2) is 7.93. The lowest BCUT2D eigenvalue weighted by molar-refractivity contribution is 0.303. The highest BCUT2D eigenvalue weighted by atomic mass is 35.5. The highest BCUT2D eigenvalue weighted by Gasteiger charge is 2.25. The summed E-state index contributed by atoms with van der Waals surface area (Å²) in [5.74, 6) is 0.982. The maximum atomic E-state index is 11.3. The van der Waals surface area contributed by atoms with Crippen molar-refractivity contribution in [2.75, 3.05) is 31.1 Å². The third-order valence-electron chi connectivity index (χ3n) is 3.94. The van der Waals surface area contributed by atoms with Crippen molar-refractivity contribution in [3.8, 4) is 5.75 Å². The largest absolute Gasteiger partial charge is 0.486 e. The van der Waals surface area contributed by atoms with Crippen LogP contribution in [0.25, 0.3) is 0 Å². The van der Waals surface area contributed by atoms with Gasteiger partial charge in [-0.3, -0.25) is 0 Å². The Morgan fingerprint density at radius 1 is 1.08 bits per heavy atom. The van der Waals surface area contributed by atoms with Crippen LogP contribution in [0.5, 0.6) is 5.75 Å². The molecule has 140 valence electrons. The van der Waals surface area contributed by atoms with E-state index in [0.717, 1.165) is 0 Å². The molecule has 26 heavy (non-hydrogen) atoms. The first kappa shape index (κ1) is 19.1. The zero-order chi connectivity index (χ0) is 18.7. The number of benzene rings is 1. The Labute approximate surface area is 161 Å². The van der Waals surface area contributed by atoms with Gasteiger partial charge in [0, 0.05) is 41.8 Å². The predicted molar refractivity (Wildman–Crippen MR) is 99.7 cm³/mol. The van der Waals surface area contributed by atoms with Gasteiger partial charge in [-0.2, -0.15) is 12.7 Å². The standard InChI is InChI=1S/C15H17Cl2N5O3S/c16-13-2-1-3-14(17)12(13)10-25-11-8-19-15(20-9-11)21-4-6-22(7-5-21)26(18,23)24/h1-3,8-9H,4-7,10H2,(H2,18,23,24). The highest BCUT2D eigenvalue weighted by molar-refractivity contribution is 7.86. The summed E-state index contributed by atoms with van der Waals surface area (Å²) in [5.41, 5.74) is 0.694. The van der Waals surface area contributed by atoms with Gasteiger partial charge in [-0.15, -0.1) is 0 Å². The maximum Gasteiger partial charge on any atom is 0.277 e. The Kier molecular flexibility index (Phi) is 5.83. The van der Waals surface area contributed by atoms with Crippen LogP contribution >= 0.6 is 23.2 Å². The Morgan fingerprint density at radius 3 is 2.19 bits per heavy atom. The van der Waals surface area contributed by atoms with E-state index < -0.39 is 10.2 Å². The minimum Gasteiger partial charge on any atom is -0.486 e. The van der Waals surface area contributed by atoms with Crippen LogP contribution in [0, 0.1) is 0 Å². The molecular weight excluding hydrogens is 401 g/mol. The summed E-state index contributed by atoms with van der Waals surface area (Å²) < 4.78 is 29.5. The molecule has 0 saturated carbocycles. The van der Waals surface area contributed by atoms with E-state index in [1.165, 1.54) is 4.31 Å². The van der Waals surface area contributed by atoms with Crippen LogP contribution in [0.1, 0.15) is 5.56 Å². The number of halogens is 2. The summed E-state index contributed by atoms with van der Waals surface area (Å²) in [5, 5.41) is 6.19. The van der Waals surface area contributed by atoms with Crippen LogP contribution in [0.2, 0.25) is 10.0 Å². The molecule has 8 nitrogen and oxygen atoms in total. The molecule has 2 heterocycles. The van der Waals surface area contributed by atoms with Crippen LogP contribution in [-0.4, -0.2) is 48.9 Å². The quantitative estimate of drug-likeness (QED) is 0.793. The number of hydrogen-bond donors (Lipinski definition) is 1. The molecule has 1 fully saturated rings. The van der Waals surface area contributed by atoms with Crippen molar-refractivity contribution in [3.63, 3.8) is 0 Å². The zero-order valence-electron chi connectivity index (χ0n) is 13.7. The van der Waals surface area contributed by atoms with E-state index in [1.54, 1.807) is 30.6 Å². The normalized spacial score (nSPS) is 15.9. The minimum atomic E-state index is -3.65. The smallest absolute Gasteiger partial charge is 0.277 e. The van der Waals surface area contributed by atoms with E-state index in [0.29, 0.717) is 53.5 Å². The summed E-state index contributed by atoms with van der Waals surface area (Å²) >= 11 is 12.2. The fourth-order valence-corrected chi connectivity index (χ4v) is 3.69. The van der Waals surface area contributed by atoms with E-state index >= 15 is 0 Å². The second-order valence-corrected chi connectivity index (χ2v) is 8.00. The topological polar surface area (TPSA) is 102 Å². The van der Waals surface area contributed by atoms with Gasteiger partial charge in [0.15, 0.2) is 5.75 Å². The lowest BCUT2D eigenvalue weighted by atomic mass is 10.2. The van der Waals surface area contributed by atoms with Crippen molar-refractivity contribution in [2.45, 2.75) is 6.61 Å². The number of anilines is 1. The molecule has 0 aliphatic carbocycles. The van der Waals surface area contributed by atoms with Gasteiger partial charge >= 0.3 is 0 Å².